The molecular weight excluding hydrogens is 569 g/mol. The number of hydrogen-bond donors (Lipinski definition) is 0. The Balaban J connectivity index is 1.31. The third-order valence-corrected chi connectivity index (χ3v) is 12.4. The highest BCUT2D eigenvalue weighted by atomic mass is 15.0. The lowest BCUT2D eigenvalue weighted by atomic mass is 9.59. The Hall–Kier alpha value is -5.08. The summed E-state index contributed by atoms with van der Waals surface area (Å²) in [6.45, 7) is 14.6. The van der Waals surface area contributed by atoms with E-state index in [-0.39, 0.29) is 16.2 Å². The molecule has 1 aliphatic rings. The van der Waals surface area contributed by atoms with Crippen LogP contribution in [0.4, 0.5) is 0 Å². The monoisotopic (exact) mass is 608 g/mol. The summed E-state index contributed by atoms with van der Waals surface area (Å²) in [5.74, 6) is 0. The van der Waals surface area contributed by atoms with E-state index in [9.17, 15) is 0 Å². The summed E-state index contributed by atoms with van der Waals surface area (Å²) in [5, 5.41) is 5.18. The molecule has 2 aromatic heterocycles. The molecule has 0 spiro atoms. The first kappa shape index (κ1) is 28.2. The second kappa shape index (κ2) is 9.48. The highest BCUT2D eigenvalue weighted by molar-refractivity contribution is 6.13. The van der Waals surface area contributed by atoms with Gasteiger partial charge in [0.15, 0.2) is 0 Å². The second-order valence-corrected chi connectivity index (χ2v) is 15.1. The summed E-state index contributed by atoms with van der Waals surface area (Å²) in [7, 11) is 0. The molecule has 6 aromatic carbocycles. The van der Waals surface area contributed by atoms with Gasteiger partial charge in [-0.05, 0) is 105 Å². The van der Waals surface area contributed by atoms with E-state index in [4.69, 9.17) is 0 Å². The summed E-state index contributed by atoms with van der Waals surface area (Å²) in [5.41, 5.74) is 13.0. The largest absolute Gasteiger partial charge is 0.309 e. The quantitative estimate of drug-likeness (QED) is 0.189. The van der Waals surface area contributed by atoms with Gasteiger partial charge >= 0.3 is 0 Å². The summed E-state index contributed by atoms with van der Waals surface area (Å²) in [4.78, 5) is 0. The fourth-order valence-corrected chi connectivity index (χ4v) is 8.60. The van der Waals surface area contributed by atoms with Crippen molar-refractivity contribution in [2.24, 2.45) is 5.41 Å². The zero-order valence-electron chi connectivity index (χ0n) is 28.1. The van der Waals surface area contributed by atoms with E-state index in [1.165, 1.54) is 77.2 Å². The van der Waals surface area contributed by atoms with Gasteiger partial charge in [-0.15, -0.1) is 0 Å². The van der Waals surface area contributed by atoms with E-state index in [1.807, 2.05) is 0 Å². The van der Waals surface area contributed by atoms with E-state index in [0.717, 1.165) is 0 Å². The molecule has 0 atom stereocenters. The van der Waals surface area contributed by atoms with E-state index in [1.54, 1.807) is 0 Å². The van der Waals surface area contributed by atoms with Gasteiger partial charge in [-0.3, -0.25) is 0 Å². The minimum atomic E-state index is 0.0385. The number of benzene rings is 6. The van der Waals surface area contributed by atoms with Gasteiger partial charge in [-0.25, -0.2) is 0 Å². The maximum atomic E-state index is 2.53. The molecule has 0 bridgehead atoms. The molecule has 0 fully saturated rings. The van der Waals surface area contributed by atoms with Gasteiger partial charge in [0, 0.05) is 32.9 Å². The van der Waals surface area contributed by atoms with Crippen LogP contribution in [-0.2, 0) is 10.8 Å². The second-order valence-electron chi connectivity index (χ2n) is 15.1. The van der Waals surface area contributed by atoms with Crippen molar-refractivity contribution >= 4 is 43.6 Å². The predicted molar refractivity (Wildman–Crippen MR) is 200 cm³/mol. The van der Waals surface area contributed by atoms with Crippen molar-refractivity contribution in [1.82, 2.24) is 9.13 Å². The maximum Gasteiger partial charge on any atom is 0.0544 e. The highest BCUT2D eigenvalue weighted by Crippen LogP contribution is 2.62. The van der Waals surface area contributed by atoms with Crippen LogP contribution >= 0.6 is 0 Å². The topological polar surface area (TPSA) is 9.86 Å². The molecule has 0 saturated heterocycles. The molecule has 47 heavy (non-hydrogen) atoms. The molecule has 0 aliphatic heterocycles. The van der Waals surface area contributed by atoms with Crippen LogP contribution in [-0.4, -0.2) is 9.13 Å². The molecule has 8 aromatic rings. The van der Waals surface area contributed by atoms with Crippen molar-refractivity contribution in [3.8, 4) is 22.5 Å². The number of rotatable bonds is 3. The number of fused-ring (bicyclic) bond motifs is 7. The first-order valence-corrected chi connectivity index (χ1v) is 16.9. The van der Waals surface area contributed by atoms with Crippen LogP contribution in [0.3, 0.4) is 0 Å². The fourth-order valence-electron chi connectivity index (χ4n) is 8.60. The average molecular weight is 609 g/mol. The minimum Gasteiger partial charge on any atom is -0.309 e. The lowest BCUT2D eigenvalue weighted by molar-refractivity contribution is 0.125. The van der Waals surface area contributed by atoms with Gasteiger partial charge in [0.2, 0.25) is 0 Å². The number of hydrogen-bond acceptors (Lipinski definition) is 0. The van der Waals surface area contributed by atoms with Crippen LogP contribution in [0.15, 0.2) is 133 Å². The lowest BCUT2D eigenvalue weighted by Crippen LogP contribution is -2.42. The highest BCUT2D eigenvalue weighted by Gasteiger charge is 2.57. The van der Waals surface area contributed by atoms with Crippen LogP contribution in [0.1, 0.15) is 52.7 Å². The van der Waals surface area contributed by atoms with E-state index in [0.29, 0.717) is 0 Å². The van der Waals surface area contributed by atoms with E-state index in [2.05, 4.69) is 184 Å². The first-order chi connectivity index (χ1) is 22.6. The van der Waals surface area contributed by atoms with Crippen molar-refractivity contribution in [2.75, 3.05) is 0 Å². The van der Waals surface area contributed by atoms with Crippen molar-refractivity contribution in [1.29, 1.82) is 0 Å². The summed E-state index contributed by atoms with van der Waals surface area (Å²) < 4.78 is 4.86. The molecule has 0 amide bonds. The van der Waals surface area contributed by atoms with Crippen LogP contribution < -0.4 is 0 Å². The molecule has 230 valence electrons. The molecule has 0 N–H and O–H groups in total. The molecule has 1 aliphatic carbocycles. The number of nitrogens with zero attached hydrogens (tertiary/aromatic N) is 2. The van der Waals surface area contributed by atoms with Gasteiger partial charge in [0.25, 0.3) is 0 Å². The van der Waals surface area contributed by atoms with Crippen molar-refractivity contribution in [2.45, 2.75) is 52.4 Å². The van der Waals surface area contributed by atoms with Gasteiger partial charge in [0.05, 0.1) is 22.1 Å². The normalized spacial score (nSPS) is 16.4. The third kappa shape index (κ3) is 3.67. The Morgan fingerprint density at radius 1 is 0.362 bits per heavy atom. The summed E-state index contributed by atoms with van der Waals surface area (Å²) in [6, 6.07) is 49.4. The van der Waals surface area contributed by atoms with E-state index < -0.39 is 0 Å². The van der Waals surface area contributed by atoms with Gasteiger partial charge in [0.1, 0.15) is 0 Å². The minimum absolute atomic E-state index is 0.0385. The van der Waals surface area contributed by atoms with Gasteiger partial charge < -0.3 is 9.13 Å². The van der Waals surface area contributed by atoms with Crippen molar-refractivity contribution in [3.63, 3.8) is 0 Å². The first-order valence-electron chi connectivity index (χ1n) is 16.9. The zero-order chi connectivity index (χ0) is 32.3. The molecule has 0 saturated carbocycles. The number of para-hydroxylation sites is 3. The number of aromatic nitrogens is 2. The lowest BCUT2D eigenvalue weighted by Gasteiger charge is -2.44. The van der Waals surface area contributed by atoms with E-state index >= 15 is 0 Å². The Kier molecular flexibility index (Phi) is 5.68. The Bertz CT molecular complexity index is 2520. The van der Waals surface area contributed by atoms with Crippen LogP contribution in [0.25, 0.3) is 66.1 Å². The average Bonchev–Trinajstić information content (AvgIpc) is 3.62. The molecule has 2 heteroatoms. The van der Waals surface area contributed by atoms with Crippen molar-refractivity contribution in [3.05, 3.63) is 145 Å². The Morgan fingerprint density at radius 2 is 0.787 bits per heavy atom. The van der Waals surface area contributed by atoms with Gasteiger partial charge in [-0.2, -0.15) is 0 Å². The molecule has 0 radical (unpaired) electrons. The third-order valence-electron chi connectivity index (χ3n) is 12.4. The molecule has 2 nitrogen and oxygen atoms in total. The van der Waals surface area contributed by atoms with Crippen LogP contribution in [0.5, 0.6) is 0 Å². The Labute approximate surface area is 276 Å². The van der Waals surface area contributed by atoms with Gasteiger partial charge in [-0.1, -0.05) is 108 Å². The van der Waals surface area contributed by atoms with Crippen LogP contribution in [0, 0.1) is 5.41 Å². The maximum absolute atomic E-state index is 2.53. The standard InChI is InChI=1S/C45H40N2/c1-43(2)37-27-36-35-26-30(29-21-23-40-34(25-29)33-19-13-14-20-39(33)46(40)31-15-9-7-10-16-31)22-24-41(35)47(32-17-11-8-12-18-32)42(36)28-38(37)44(3,4)45(43,5)6/h7-28H,1-6H3. The fraction of sp³-hybridized carbons (Fsp3) is 0.200. The van der Waals surface area contributed by atoms with Crippen molar-refractivity contribution < 1.29 is 0 Å². The Morgan fingerprint density at radius 3 is 1.36 bits per heavy atom. The zero-order valence-corrected chi connectivity index (χ0v) is 28.1. The predicted octanol–water partition coefficient (Wildman–Crippen LogP) is 12.1. The smallest absolute Gasteiger partial charge is 0.0544 e. The van der Waals surface area contributed by atoms with Crippen LogP contribution in [0.2, 0.25) is 0 Å². The SMILES string of the molecule is CC1(C)c2cc3c4cc(-c5ccc6c(c5)c5ccccc5n6-c5ccccc5)ccc4n(-c4ccccc4)c3cc2C(C)(C)C1(C)C. The summed E-state index contributed by atoms with van der Waals surface area (Å²) >= 11 is 0. The molecular formula is C45H40N2. The summed E-state index contributed by atoms with van der Waals surface area (Å²) in [6.07, 6.45) is 0. The molecule has 2 heterocycles. The molecule has 9 rings (SSSR count). The molecule has 0 unspecified atom stereocenters.